The standard InChI is InChI=1S/C27H54N6O/c28-8-5-12-30-9-3-4-10-31-13-6-14-33-26(34)25(29)7-1-2-11-32-21-27-18-22-15-23(19-27)17-24(16-22)20-27/h22-25,30-32H,1-21,28-29H2,(H,33,34)/t22?,23?,24?,25-,27?/m0/s1. The lowest BCUT2D eigenvalue weighted by Crippen LogP contribution is -2.50. The molecule has 0 unspecified atom stereocenters. The summed E-state index contributed by atoms with van der Waals surface area (Å²) < 4.78 is 0. The zero-order chi connectivity index (χ0) is 24.1. The monoisotopic (exact) mass is 478 g/mol. The molecule has 4 saturated carbocycles. The highest BCUT2D eigenvalue weighted by Gasteiger charge is 2.50. The average molecular weight is 479 g/mol. The van der Waals surface area contributed by atoms with E-state index in [-0.39, 0.29) is 11.9 Å². The predicted octanol–water partition coefficient (Wildman–Crippen LogP) is 2.10. The van der Waals surface area contributed by atoms with Gasteiger partial charge in [-0.15, -0.1) is 0 Å². The fraction of sp³-hybridized carbons (Fsp3) is 0.963. The van der Waals surface area contributed by atoms with Gasteiger partial charge in [0.05, 0.1) is 6.04 Å². The van der Waals surface area contributed by atoms with Crippen molar-refractivity contribution >= 4 is 5.91 Å². The lowest BCUT2D eigenvalue weighted by atomic mass is 9.49. The Balaban J connectivity index is 1.09. The Bertz CT molecular complexity index is 536. The first-order valence-electron chi connectivity index (χ1n) is 14.5. The topological polar surface area (TPSA) is 117 Å². The number of nitrogens with one attached hydrogen (secondary N) is 4. The van der Waals surface area contributed by atoms with E-state index in [0.717, 1.165) is 89.1 Å². The molecule has 0 aromatic carbocycles. The third-order valence-corrected chi connectivity index (χ3v) is 8.46. The molecule has 0 spiro atoms. The van der Waals surface area contributed by atoms with Crippen LogP contribution >= 0.6 is 0 Å². The minimum Gasteiger partial charge on any atom is -0.355 e. The summed E-state index contributed by atoms with van der Waals surface area (Å²) in [6, 6.07) is -0.372. The highest BCUT2D eigenvalue weighted by Crippen LogP contribution is 2.59. The van der Waals surface area contributed by atoms with E-state index in [1.807, 2.05) is 0 Å². The Morgan fingerprint density at radius 3 is 1.88 bits per heavy atom. The molecule has 0 saturated heterocycles. The Morgan fingerprint density at radius 2 is 1.26 bits per heavy atom. The van der Waals surface area contributed by atoms with E-state index >= 15 is 0 Å². The summed E-state index contributed by atoms with van der Waals surface area (Å²) in [5, 5.41) is 13.6. The molecule has 4 aliphatic carbocycles. The summed E-state index contributed by atoms with van der Waals surface area (Å²) in [7, 11) is 0. The molecule has 0 aromatic heterocycles. The number of unbranched alkanes of at least 4 members (excludes halogenated alkanes) is 2. The van der Waals surface area contributed by atoms with Crippen LogP contribution < -0.4 is 32.7 Å². The van der Waals surface area contributed by atoms with Crippen LogP contribution in [0.3, 0.4) is 0 Å². The van der Waals surface area contributed by atoms with E-state index < -0.39 is 0 Å². The third-order valence-electron chi connectivity index (χ3n) is 8.46. The van der Waals surface area contributed by atoms with Crippen LogP contribution in [0.1, 0.15) is 83.5 Å². The first kappa shape index (κ1) is 27.9. The molecular weight excluding hydrogens is 424 g/mol. The van der Waals surface area contributed by atoms with Crippen LogP contribution in [0.15, 0.2) is 0 Å². The largest absolute Gasteiger partial charge is 0.355 e. The quantitative estimate of drug-likeness (QED) is 0.149. The van der Waals surface area contributed by atoms with Gasteiger partial charge in [-0.25, -0.2) is 0 Å². The van der Waals surface area contributed by atoms with E-state index in [0.29, 0.717) is 12.0 Å². The van der Waals surface area contributed by atoms with Crippen molar-refractivity contribution in [3.05, 3.63) is 0 Å². The van der Waals surface area contributed by atoms with Gasteiger partial charge < -0.3 is 32.7 Å². The van der Waals surface area contributed by atoms with Crippen molar-refractivity contribution in [3.63, 3.8) is 0 Å². The second-order valence-corrected chi connectivity index (χ2v) is 11.7. The molecule has 0 heterocycles. The summed E-state index contributed by atoms with van der Waals surface area (Å²) in [6.07, 6.45) is 16.2. The Morgan fingerprint density at radius 1 is 0.735 bits per heavy atom. The summed E-state index contributed by atoms with van der Waals surface area (Å²) in [6.45, 7) is 7.78. The lowest BCUT2D eigenvalue weighted by molar-refractivity contribution is -0.122. The fourth-order valence-electron chi connectivity index (χ4n) is 7.14. The molecule has 4 bridgehead atoms. The SMILES string of the molecule is NCCCNCCCCNCCCNC(=O)[C@@H](N)CCCCNCC12CC3CC(CC(C3)C1)C2. The number of carbonyl (C=O) groups excluding carboxylic acids is 1. The maximum absolute atomic E-state index is 12.2. The van der Waals surface area contributed by atoms with Crippen molar-refractivity contribution in [1.29, 1.82) is 0 Å². The summed E-state index contributed by atoms with van der Waals surface area (Å²) in [4.78, 5) is 12.2. The maximum Gasteiger partial charge on any atom is 0.236 e. The number of hydrogen-bond donors (Lipinski definition) is 6. The van der Waals surface area contributed by atoms with Gasteiger partial charge in [-0.1, -0.05) is 6.42 Å². The molecule has 1 atom stereocenters. The molecule has 8 N–H and O–H groups in total. The Kier molecular flexibility index (Phi) is 12.6. The van der Waals surface area contributed by atoms with E-state index in [1.54, 1.807) is 0 Å². The van der Waals surface area contributed by atoms with Crippen molar-refractivity contribution < 1.29 is 4.79 Å². The van der Waals surface area contributed by atoms with Crippen molar-refractivity contribution in [2.75, 3.05) is 52.4 Å². The molecule has 0 radical (unpaired) electrons. The van der Waals surface area contributed by atoms with Gasteiger partial charge in [0, 0.05) is 13.1 Å². The second kappa shape index (κ2) is 15.4. The second-order valence-electron chi connectivity index (χ2n) is 11.7. The third kappa shape index (κ3) is 9.73. The number of nitrogens with two attached hydrogens (primary N) is 2. The van der Waals surface area contributed by atoms with Crippen molar-refractivity contribution in [2.45, 2.75) is 89.5 Å². The zero-order valence-corrected chi connectivity index (χ0v) is 21.7. The maximum atomic E-state index is 12.2. The molecule has 0 aliphatic heterocycles. The van der Waals surface area contributed by atoms with Crippen LogP contribution in [0.25, 0.3) is 0 Å². The van der Waals surface area contributed by atoms with Gasteiger partial charge in [0.25, 0.3) is 0 Å². The molecule has 4 fully saturated rings. The van der Waals surface area contributed by atoms with Crippen LogP contribution in [-0.2, 0) is 4.79 Å². The van der Waals surface area contributed by atoms with Crippen molar-refractivity contribution in [2.24, 2.45) is 34.6 Å². The van der Waals surface area contributed by atoms with Crippen LogP contribution in [0.4, 0.5) is 0 Å². The molecule has 1 amide bonds. The Labute approximate surface area is 208 Å². The first-order valence-corrected chi connectivity index (χ1v) is 14.5. The smallest absolute Gasteiger partial charge is 0.236 e. The van der Waals surface area contributed by atoms with Crippen molar-refractivity contribution in [1.82, 2.24) is 21.3 Å². The minimum absolute atomic E-state index is 0.00470. The lowest BCUT2D eigenvalue weighted by Gasteiger charge is -2.57. The van der Waals surface area contributed by atoms with E-state index in [9.17, 15) is 4.79 Å². The molecule has 7 heteroatoms. The van der Waals surface area contributed by atoms with Crippen molar-refractivity contribution in [3.8, 4) is 0 Å². The Hall–Kier alpha value is -0.730. The fourth-order valence-corrected chi connectivity index (χ4v) is 7.14. The highest BCUT2D eigenvalue weighted by atomic mass is 16.2. The average Bonchev–Trinajstić information content (AvgIpc) is 2.80. The summed E-state index contributed by atoms with van der Waals surface area (Å²) in [5.41, 5.74) is 12.2. The van der Waals surface area contributed by atoms with Crippen LogP contribution in [0.5, 0.6) is 0 Å². The predicted molar refractivity (Wildman–Crippen MR) is 142 cm³/mol. The normalized spacial score (nSPS) is 28.4. The van der Waals surface area contributed by atoms with Crippen LogP contribution in [0, 0.1) is 23.2 Å². The molecule has 4 rings (SSSR count). The molecule has 34 heavy (non-hydrogen) atoms. The zero-order valence-electron chi connectivity index (χ0n) is 21.7. The number of hydrogen-bond acceptors (Lipinski definition) is 6. The van der Waals surface area contributed by atoms with Crippen LogP contribution in [0.2, 0.25) is 0 Å². The number of carbonyl (C=O) groups is 1. The van der Waals surface area contributed by atoms with E-state index in [1.165, 1.54) is 57.9 Å². The molecule has 0 aromatic rings. The molecular formula is C27H54N6O. The van der Waals surface area contributed by atoms with Gasteiger partial charge in [0.1, 0.15) is 0 Å². The van der Waals surface area contributed by atoms with Gasteiger partial charge in [-0.05, 0) is 139 Å². The van der Waals surface area contributed by atoms with Crippen LogP contribution in [-0.4, -0.2) is 64.3 Å². The van der Waals surface area contributed by atoms with Gasteiger partial charge in [-0.2, -0.15) is 0 Å². The van der Waals surface area contributed by atoms with Gasteiger partial charge >= 0.3 is 0 Å². The minimum atomic E-state index is -0.372. The van der Waals surface area contributed by atoms with Gasteiger partial charge in [0.2, 0.25) is 5.91 Å². The molecule has 7 nitrogen and oxygen atoms in total. The molecule has 4 aliphatic rings. The molecule has 198 valence electrons. The number of amides is 1. The van der Waals surface area contributed by atoms with Gasteiger partial charge in [0.15, 0.2) is 0 Å². The van der Waals surface area contributed by atoms with E-state index in [4.69, 9.17) is 11.5 Å². The number of rotatable bonds is 20. The van der Waals surface area contributed by atoms with E-state index in [2.05, 4.69) is 21.3 Å². The highest BCUT2D eigenvalue weighted by molar-refractivity contribution is 5.81. The first-order chi connectivity index (χ1) is 16.6. The summed E-state index contributed by atoms with van der Waals surface area (Å²) >= 11 is 0. The summed E-state index contributed by atoms with van der Waals surface area (Å²) in [5.74, 6) is 3.09. The van der Waals surface area contributed by atoms with Gasteiger partial charge in [-0.3, -0.25) is 4.79 Å².